The van der Waals surface area contributed by atoms with Gasteiger partial charge in [-0.1, -0.05) is 58.8 Å². The quantitative estimate of drug-likeness (QED) is 0.487. The van der Waals surface area contributed by atoms with E-state index in [4.69, 9.17) is 0 Å². The topological polar surface area (TPSA) is 6.48 Å². The third kappa shape index (κ3) is 6.35. The molecule has 19 heavy (non-hydrogen) atoms. The van der Waals surface area contributed by atoms with Gasteiger partial charge in [0, 0.05) is 25.5 Å². The van der Waals surface area contributed by atoms with Gasteiger partial charge in [-0.3, -0.25) is 0 Å². The van der Waals surface area contributed by atoms with E-state index in [-0.39, 0.29) is 0 Å². The second-order valence-corrected chi connectivity index (χ2v) is 5.88. The van der Waals surface area contributed by atoms with Gasteiger partial charge in [-0.25, -0.2) is 0 Å². The Balaban J connectivity index is 2.07. The first-order valence-electron chi connectivity index (χ1n) is 8.49. The van der Waals surface area contributed by atoms with Crippen LogP contribution in [0.15, 0.2) is 12.4 Å². The molecule has 2 heteroatoms. The first-order chi connectivity index (χ1) is 9.29. The minimum absolute atomic E-state index is 0.576. The van der Waals surface area contributed by atoms with Gasteiger partial charge >= 0.3 is 0 Å². The molecule has 0 N–H and O–H groups in total. The van der Waals surface area contributed by atoms with Gasteiger partial charge in [-0.05, 0) is 19.8 Å². The van der Waals surface area contributed by atoms with Crippen molar-refractivity contribution in [2.75, 3.05) is 13.1 Å². The molecule has 1 atom stereocenters. The van der Waals surface area contributed by atoms with Crippen LogP contribution in [0.2, 0.25) is 0 Å². The van der Waals surface area contributed by atoms with E-state index in [1.54, 1.807) is 0 Å². The summed E-state index contributed by atoms with van der Waals surface area (Å²) in [6.07, 6.45) is 17.5. The van der Waals surface area contributed by atoms with Gasteiger partial charge in [0.05, 0.1) is 6.17 Å². The van der Waals surface area contributed by atoms with Gasteiger partial charge in [-0.15, -0.1) is 0 Å². The van der Waals surface area contributed by atoms with Crippen molar-refractivity contribution < 1.29 is 0 Å². The van der Waals surface area contributed by atoms with Crippen molar-refractivity contribution in [2.24, 2.45) is 0 Å². The Labute approximate surface area is 120 Å². The molecule has 1 heterocycles. The molecule has 0 fully saturated rings. The lowest BCUT2D eigenvalue weighted by molar-refractivity contribution is 0.165. The Bertz CT molecular complexity index is 237. The van der Waals surface area contributed by atoms with E-state index >= 15 is 0 Å². The summed E-state index contributed by atoms with van der Waals surface area (Å²) in [6.45, 7) is 9.34. The lowest BCUT2D eigenvalue weighted by Gasteiger charge is -2.29. The smallest absolute Gasteiger partial charge is 0.0977 e. The van der Waals surface area contributed by atoms with Crippen LogP contribution in [0, 0.1) is 0 Å². The maximum absolute atomic E-state index is 2.51. The zero-order valence-electron chi connectivity index (χ0n) is 13.4. The third-order valence-electron chi connectivity index (χ3n) is 4.20. The van der Waals surface area contributed by atoms with Crippen molar-refractivity contribution in [1.29, 1.82) is 0 Å². The lowest BCUT2D eigenvalue weighted by atomic mass is 10.1. The third-order valence-corrected chi connectivity index (χ3v) is 4.20. The number of hydrogen-bond donors (Lipinski definition) is 0. The van der Waals surface area contributed by atoms with Crippen molar-refractivity contribution in [1.82, 2.24) is 9.80 Å². The van der Waals surface area contributed by atoms with Crippen molar-refractivity contribution in [3.63, 3.8) is 0 Å². The molecule has 0 amide bonds. The van der Waals surface area contributed by atoms with E-state index in [2.05, 4.69) is 43.0 Å². The van der Waals surface area contributed by atoms with Gasteiger partial charge in [-0.2, -0.15) is 0 Å². The molecule has 0 saturated carbocycles. The summed E-state index contributed by atoms with van der Waals surface area (Å²) in [5.74, 6) is 0. The van der Waals surface area contributed by atoms with Crippen LogP contribution in [0.3, 0.4) is 0 Å². The predicted molar refractivity (Wildman–Crippen MR) is 84.9 cm³/mol. The highest BCUT2D eigenvalue weighted by molar-refractivity contribution is 4.95. The van der Waals surface area contributed by atoms with Crippen molar-refractivity contribution in [2.45, 2.75) is 84.7 Å². The van der Waals surface area contributed by atoms with Crippen LogP contribution in [-0.2, 0) is 0 Å². The minimum atomic E-state index is 0.576. The molecule has 0 radical (unpaired) electrons. The minimum Gasteiger partial charge on any atom is -0.356 e. The highest BCUT2D eigenvalue weighted by atomic mass is 15.4. The Morgan fingerprint density at radius 3 is 1.68 bits per heavy atom. The molecular formula is C17H34N2. The average molecular weight is 266 g/mol. The molecule has 0 bridgehead atoms. The molecule has 0 aromatic carbocycles. The Morgan fingerprint density at radius 1 is 0.684 bits per heavy atom. The van der Waals surface area contributed by atoms with Crippen LogP contribution in [0.5, 0.6) is 0 Å². The average Bonchev–Trinajstić information content (AvgIpc) is 2.76. The van der Waals surface area contributed by atoms with Crippen molar-refractivity contribution >= 4 is 0 Å². The number of hydrogen-bond acceptors (Lipinski definition) is 2. The van der Waals surface area contributed by atoms with Crippen LogP contribution >= 0.6 is 0 Å². The van der Waals surface area contributed by atoms with Gasteiger partial charge < -0.3 is 9.80 Å². The molecule has 0 saturated heterocycles. The summed E-state index contributed by atoms with van der Waals surface area (Å²) in [6, 6.07) is 0. The zero-order valence-corrected chi connectivity index (χ0v) is 13.4. The second kappa shape index (κ2) is 10.2. The summed E-state index contributed by atoms with van der Waals surface area (Å²) in [4.78, 5) is 5.00. The zero-order chi connectivity index (χ0) is 13.9. The van der Waals surface area contributed by atoms with Crippen LogP contribution in [0.1, 0.15) is 78.6 Å². The number of nitrogens with zero attached hydrogens (tertiary/aromatic N) is 2. The summed E-state index contributed by atoms with van der Waals surface area (Å²) in [5.41, 5.74) is 0. The summed E-state index contributed by atoms with van der Waals surface area (Å²) in [5, 5.41) is 0. The van der Waals surface area contributed by atoms with Gasteiger partial charge in [0.2, 0.25) is 0 Å². The number of rotatable bonds is 11. The lowest BCUT2D eigenvalue weighted by Crippen LogP contribution is -2.36. The first-order valence-corrected chi connectivity index (χ1v) is 8.49. The maximum Gasteiger partial charge on any atom is 0.0977 e. The highest BCUT2D eigenvalue weighted by Crippen LogP contribution is 2.17. The SMILES string of the molecule is CCCCCCCCN1C=CN(CCCCC)C1C. The van der Waals surface area contributed by atoms with E-state index in [9.17, 15) is 0 Å². The molecule has 0 aromatic rings. The highest BCUT2D eigenvalue weighted by Gasteiger charge is 2.20. The number of unbranched alkanes of at least 4 members (excludes halogenated alkanes) is 7. The van der Waals surface area contributed by atoms with Crippen LogP contribution < -0.4 is 0 Å². The molecule has 1 rings (SSSR count). The van der Waals surface area contributed by atoms with Gasteiger partial charge in [0.1, 0.15) is 0 Å². The summed E-state index contributed by atoms with van der Waals surface area (Å²) >= 11 is 0. The second-order valence-electron chi connectivity index (χ2n) is 5.88. The molecule has 1 aliphatic rings. The van der Waals surface area contributed by atoms with E-state index in [0.717, 1.165) is 0 Å². The molecule has 2 nitrogen and oxygen atoms in total. The van der Waals surface area contributed by atoms with Crippen LogP contribution in [-0.4, -0.2) is 29.1 Å². The van der Waals surface area contributed by atoms with Crippen molar-refractivity contribution in [3.8, 4) is 0 Å². The van der Waals surface area contributed by atoms with E-state index in [1.807, 2.05) is 0 Å². The monoisotopic (exact) mass is 266 g/mol. The molecule has 0 aliphatic carbocycles. The Morgan fingerprint density at radius 2 is 1.11 bits per heavy atom. The largest absolute Gasteiger partial charge is 0.356 e. The van der Waals surface area contributed by atoms with Gasteiger partial charge in [0.25, 0.3) is 0 Å². The maximum atomic E-state index is 2.51. The molecule has 0 spiro atoms. The fourth-order valence-electron chi connectivity index (χ4n) is 2.75. The van der Waals surface area contributed by atoms with Crippen LogP contribution in [0.4, 0.5) is 0 Å². The summed E-state index contributed by atoms with van der Waals surface area (Å²) < 4.78 is 0. The molecule has 1 unspecified atom stereocenters. The normalized spacial score (nSPS) is 18.6. The molecular weight excluding hydrogens is 232 g/mol. The van der Waals surface area contributed by atoms with E-state index in [1.165, 1.54) is 70.9 Å². The van der Waals surface area contributed by atoms with Crippen LogP contribution in [0.25, 0.3) is 0 Å². The fourth-order valence-corrected chi connectivity index (χ4v) is 2.75. The fraction of sp³-hybridized carbons (Fsp3) is 0.882. The van der Waals surface area contributed by atoms with E-state index in [0.29, 0.717) is 6.17 Å². The summed E-state index contributed by atoms with van der Waals surface area (Å²) in [7, 11) is 0. The predicted octanol–water partition coefficient (Wildman–Crippen LogP) is 4.97. The molecule has 0 aromatic heterocycles. The van der Waals surface area contributed by atoms with Crippen molar-refractivity contribution in [3.05, 3.63) is 12.4 Å². The van der Waals surface area contributed by atoms with Gasteiger partial charge in [0.15, 0.2) is 0 Å². The Kier molecular flexibility index (Phi) is 8.77. The standard InChI is InChI=1S/C17H34N2/c1-4-6-8-9-10-12-14-19-16-15-18(17(19)3)13-11-7-5-2/h15-17H,4-14H2,1-3H3. The van der Waals surface area contributed by atoms with E-state index < -0.39 is 0 Å². The molecule has 1 aliphatic heterocycles. The first kappa shape index (κ1) is 16.4. The Hall–Kier alpha value is -0.660. The molecule has 112 valence electrons.